The van der Waals surface area contributed by atoms with Crippen molar-refractivity contribution in [2.75, 3.05) is 0 Å². The van der Waals surface area contributed by atoms with Crippen molar-refractivity contribution in [2.45, 2.75) is 37.5 Å². The highest BCUT2D eigenvalue weighted by atomic mass is 15.0. The van der Waals surface area contributed by atoms with Crippen LogP contribution in [0.4, 0.5) is 0 Å². The summed E-state index contributed by atoms with van der Waals surface area (Å²) in [5, 5.41) is 9.82. The number of hydrogen-bond acceptors (Lipinski definition) is 5. The van der Waals surface area contributed by atoms with E-state index in [-0.39, 0.29) is 5.41 Å². The van der Waals surface area contributed by atoms with Crippen molar-refractivity contribution >= 4 is 0 Å². The molecule has 2 aliphatic rings. The number of rotatable bonds is 5. The fraction of sp³-hybridized carbons (Fsp3) is 0.133. The molecule has 0 saturated heterocycles. The SMILES string of the molecule is N#Cc1ccc2c(c1)C1(CCCCC1)c1cccc(-c3cccc(-c4nc(-c5ccccc5)nc(-c5ccc(-c6cccnc6)cc5)n4)c3)c1-2. The van der Waals surface area contributed by atoms with E-state index in [9.17, 15) is 5.26 Å². The van der Waals surface area contributed by atoms with Crippen LogP contribution >= 0.6 is 0 Å². The number of pyridine rings is 1. The zero-order valence-corrected chi connectivity index (χ0v) is 27.6. The van der Waals surface area contributed by atoms with Gasteiger partial charge in [-0.3, -0.25) is 4.98 Å². The highest BCUT2D eigenvalue weighted by molar-refractivity contribution is 5.93. The lowest BCUT2D eigenvalue weighted by molar-refractivity contribution is 0.353. The molecule has 5 heteroatoms. The van der Waals surface area contributed by atoms with Gasteiger partial charge in [0.2, 0.25) is 0 Å². The van der Waals surface area contributed by atoms with Gasteiger partial charge >= 0.3 is 0 Å². The first-order valence-electron chi connectivity index (χ1n) is 17.3. The average Bonchev–Trinajstić information content (AvgIpc) is 3.46. The van der Waals surface area contributed by atoms with Gasteiger partial charge in [-0.05, 0) is 81.6 Å². The third-order valence-electron chi connectivity index (χ3n) is 10.5. The number of nitriles is 1. The van der Waals surface area contributed by atoms with E-state index in [0.717, 1.165) is 51.8 Å². The Hall–Kier alpha value is -6.25. The van der Waals surface area contributed by atoms with Crippen molar-refractivity contribution < 1.29 is 0 Å². The van der Waals surface area contributed by atoms with Gasteiger partial charge in [0.15, 0.2) is 17.5 Å². The lowest BCUT2D eigenvalue weighted by atomic mass is 9.67. The van der Waals surface area contributed by atoms with Gasteiger partial charge in [-0.2, -0.15) is 5.26 Å². The van der Waals surface area contributed by atoms with Crippen LogP contribution in [0.2, 0.25) is 0 Å². The van der Waals surface area contributed by atoms with Crippen molar-refractivity contribution in [1.29, 1.82) is 5.26 Å². The molecule has 238 valence electrons. The number of aromatic nitrogens is 4. The molecule has 0 atom stereocenters. The summed E-state index contributed by atoms with van der Waals surface area (Å²) >= 11 is 0. The molecule has 7 aromatic rings. The Balaban J connectivity index is 1.17. The molecule has 0 aliphatic heterocycles. The molecule has 2 aliphatic carbocycles. The van der Waals surface area contributed by atoms with Gasteiger partial charge in [0, 0.05) is 34.5 Å². The summed E-state index contributed by atoms with van der Waals surface area (Å²) < 4.78 is 0. The summed E-state index contributed by atoms with van der Waals surface area (Å²) in [6.45, 7) is 0. The Morgan fingerprint density at radius 1 is 0.500 bits per heavy atom. The quantitative estimate of drug-likeness (QED) is 0.187. The van der Waals surface area contributed by atoms with E-state index < -0.39 is 0 Å². The van der Waals surface area contributed by atoms with Gasteiger partial charge in [0.1, 0.15) is 0 Å². The van der Waals surface area contributed by atoms with Crippen LogP contribution in [0.1, 0.15) is 48.8 Å². The lowest BCUT2D eigenvalue weighted by Crippen LogP contribution is -2.28. The minimum Gasteiger partial charge on any atom is -0.264 e. The summed E-state index contributed by atoms with van der Waals surface area (Å²) in [5.74, 6) is 1.89. The summed E-state index contributed by atoms with van der Waals surface area (Å²) in [7, 11) is 0. The van der Waals surface area contributed by atoms with Crippen molar-refractivity contribution in [3.05, 3.63) is 156 Å². The molecular weight excluding hydrogens is 611 g/mol. The molecule has 1 saturated carbocycles. The molecular formula is C45H33N5. The fourth-order valence-electron chi connectivity index (χ4n) is 8.07. The molecule has 2 heterocycles. The van der Waals surface area contributed by atoms with E-state index in [1.165, 1.54) is 47.1 Å². The Kier molecular flexibility index (Phi) is 7.36. The molecule has 5 aromatic carbocycles. The van der Waals surface area contributed by atoms with Gasteiger partial charge in [0.05, 0.1) is 11.6 Å². The van der Waals surface area contributed by atoms with E-state index in [1.807, 2.05) is 48.7 Å². The van der Waals surface area contributed by atoms with Crippen molar-refractivity contribution in [1.82, 2.24) is 19.9 Å². The minimum atomic E-state index is -0.0380. The van der Waals surface area contributed by atoms with Crippen LogP contribution in [-0.4, -0.2) is 19.9 Å². The summed E-state index contributed by atoms with van der Waals surface area (Å²) in [5.41, 5.74) is 13.2. The maximum Gasteiger partial charge on any atom is 0.164 e. The summed E-state index contributed by atoms with van der Waals surface area (Å²) in [6, 6.07) is 46.5. The monoisotopic (exact) mass is 643 g/mol. The first-order chi connectivity index (χ1) is 24.7. The van der Waals surface area contributed by atoms with E-state index in [2.05, 4.69) is 96.0 Å². The van der Waals surface area contributed by atoms with Crippen LogP contribution in [-0.2, 0) is 5.41 Å². The number of benzene rings is 5. The topological polar surface area (TPSA) is 75.3 Å². The third-order valence-corrected chi connectivity index (χ3v) is 10.5. The highest BCUT2D eigenvalue weighted by Gasteiger charge is 2.44. The second kappa shape index (κ2) is 12.3. The fourth-order valence-corrected chi connectivity index (χ4v) is 8.07. The molecule has 50 heavy (non-hydrogen) atoms. The molecule has 9 rings (SSSR count). The molecule has 1 fully saturated rings. The molecule has 0 radical (unpaired) electrons. The average molecular weight is 644 g/mol. The maximum absolute atomic E-state index is 9.82. The smallest absolute Gasteiger partial charge is 0.164 e. The van der Waals surface area contributed by atoms with Gasteiger partial charge < -0.3 is 0 Å². The van der Waals surface area contributed by atoms with Crippen LogP contribution in [0.25, 0.3) is 67.5 Å². The normalized spacial score (nSPS) is 14.1. The predicted molar refractivity (Wildman–Crippen MR) is 199 cm³/mol. The summed E-state index contributed by atoms with van der Waals surface area (Å²) in [6.07, 6.45) is 9.55. The molecule has 2 aromatic heterocycles. The van der Waals surface area contributed by atoms with Crippen LogP contribution in [0.3, 0.4) is 0 Å². The number of fused-ring (bicyclic) bond motifs is 5. The second-order valence-electron chi connectivity index (χ2n) is 13.3. The minimum absolute atomic E-state index is 0.0380. The van der Waals surface area contributed by atoms with Gasteiger partial charge in [-0.25, -0.2) is 15.0 Å². The molecule has 0 N–H and O–H groups in total. The van der Waals surface area contributed by atoms with E-state index >= 15 is 0 Å². The van der Waals surface area contributed by atoms with Gasteiger partial charge in [-0.15, -0.1) is 0 Å². The maximum atomic E-state index is 9.82. The Morgan fingerprint density at radius 2 is 1.16 bits per heavy atom. The second-order valence-corrected chi connectivity index (χ2v) is 13.3. The highest BCUT2D eigenvalue weighted by Crippen LogP contribution is 2.58. The van der Waals surface area contributed by atoms with Gasteiger partial charge in [0.25, 0.3) is 0 Å². The molecule has 5 nitrogen and oxygen atoms in total. The van der Waals surface area contributed by atoms with Crippen molar-refractivity contribution in [2.24, 2.45) is 0 Å². The standard InChI is InChI=1S/C45H33N5/c46-28-30-17-22-38-40(26-30)45(23-5-2-6-24-45)39-16-8-15-37(41(38)39)34-12-7-13-35(27-34)44-49-42(32-10-3-1-4-11-32)48-43(50-44)33-20-18-31(19-21-33)36-14-9-25-47-29-36/h1,3-4,7-22,25-27,29H,2,5-6,23-24H2. The first-order valence-corrected chi connectivity index (χ1v) is 17.3. The predicted octanol–water partition coefficient (Wildman–Crippen LogP) is 10.7. The zero-order chi connectivity index (χ0) is 33.5. The Morgan fingerprint density at radius 3 is 1.90 bits per heavy atom. The lowest BCUT2D eigenvalue weighted by Gasteiger charge is -2.36. The van der Waals surface area contributed by atoms with Crippen LogP contribution in [0.15, 0.2) is 140 Å². The van der Waals surface area contributed by atoms with E-state index in [0.29, 0.717) is 17.5 Å². The first kappa shape index (κ1) is 29.9. The largest absolute Gasteiger partial charge is 0.264 e. The zero-order valence-electron chi connectivity index (χ0n) is 27.6. The Labute approximate surface area is 292 Å². The molecule has 1 spiro atoms. The number of nitrogens with zero attached hydrogens (tertiary/aromatic N) is 5. The molecule has 0 amide bonds. The molecule has 0 unspecified atom stereocenters. The van der Waals surface area contributed by atoms with Crippen LogP contribution in [0, 0.1) is 11.3 Å². The third kappa shape index (κ3) is 5.09. The Bertz CT molecular complexity index is 2400. The van der Waals surface area contributed by atoms with Crippen molar-refractivity contribution in [3.8, 4) is 73.6 Å². The van der Waals surface area contributed by atoms with Crippen molar-refractivity contribution in [3.63, 3.8) is 0 Å². The van der Waals surface area contributed by atoms with E-state index in [4.69, 9.17) is 15.0 Å². The molecule has 0 bridgehead atoms. The van der Waals surface area contributed by atoms with Crippen LogP contribution < -0.4 is 0 Å². The van der Waals surface area contributed by atoms with E-state index in [1.54, 1.807) is 6.20 Å². The summed E-state index contributed by atoms with van der Waals surface area (Å²) in [4.78, 5) is 19.3. The van der Waals surface area contributed by atoms with Crippen LogP contribution in [0.5, 0.6) is 0 Å². The number of hydrogen-bond donors (Lipinski definition) is 0. The van der Waals surface area contributed by atoms with Gasteiger partial charge in [-0.1, -0.05) is 122 Å².